The second-order valence-corrected chi connectivity index (χ2v) is 4.82. The van der Waals surface area contributed by atoms with E-state index in [4.69, 9.17) is 0 Å². The van der Waals surface area contributed by atoms with E-state index in [2.05, 4.69) is 21.7 Å². The van der Waals surface area contributed by atoms with E-state index < -0.39 is 0 Å². The summed E-state index contributed by atoms with van der Waals surface area (Å²) in [6.07, 6.45) is 3.44. The number of hydrogen-bond donors (Lipinski definition) is 2. The van der Waals surface area contributed by atoms with Gasteiger partial charge in [-0.2, -0.15) is 0 Å². The molecule has 0 radical (unpaired) electrons. The number of aryl methyl sites for hydroxylation is 1. The summed E-state index contributed by atoms with van der Waals surface area (Å²) in [4.78, 5) is 15.8. The number of amides is 2. The van der Waals surface area contributed by atoms with Crippen LogP contribution in [-0.4, -0.2) is 11.0 Å². The van der Waals surface area contributed by atoms with Crippen LogP contribution in [-0.2, 0) is 6.54 Å². The average molecular weight is 269 g/mol. The molecule has 2 rings (SSSR count). The Morgan fingerprint density at radius 1 is 1.25 bits per heavy atom. The molecule has 0 spiro atoms. The zero-order chi connectivity index (χ0) is 14.4. The van der Waals surface area contributed by atoms with Crippen LogP contribution in [0.2, 0.25) is 0 Å². The van der Waals surface area contributed by atoms with Crippen molar-refractivity contribution in [2.24, 2.45) is 0 Å². The maximum atomic E-state index is 11.8. The van der Waals surface area contributed by atoms with Crippen LogP contribution < -0.4 is 10.6 Å². The zero-order valence-corrected chi connectivity index (χ0v) is 11.8. The second kappa shape index (κ2) is 6.70. The minimum absolute atomic E-state index is 0.0458. The topological polar surface area (TPSA) is 54.0 Å². The predicted octanol–water partition coefficient (Wildman–Crippen LogP) is 2.95. The van der Waals surface area contributed by atoms with Crippen molar-refractivity contribution >= 4 is 6.03 Å². The molecule has 1 aromatic carbocycles. The van der Waals surface area contributed by atoms with Crippen LogP contribution >= 0.6 is 0 Å². The first-order valence-corrected chi connectivity index (χ1v) is 6.65. The third-order valence-electron chi connectivity index (χ3n) is 3.09. The third-order valence-corrected chi connectivity index (χ3v) is 3.09. The molecule has 20 heavy (non-hydrogen) atoms. The van der Waals surface area contributed by atoms with Crippen molar-refractivity contribution in [1.29, 1.82) is 0 Å². The molecule has 0 saturated heterocycles. The molecule has 1 unspecified atom stereocenters. The Bertz CT molecular complexity index is 569. The predicted molar refractivity (Wildman–Crippen MR) is 79.2 cm³/mol. The first-order valence-electron chi connectivity index (χ1n) is 6.65. The number of aromatic nitrogens is 1. The molecular formula is C16H19N3O. The van der Waals surface area contributed by atoms with Crippen LogP contribution in [0.5, 0.6) is 0 Å². The van der Waals surface area contributed by atoms with Gasteiger partial charge in [-0.05, 0) is 37.1 Å². The molecule has 0 bridgehead atoms. The lowest BCUT2D eigenvalue weighted by molar-refractivity contribution is 0.237. The van der Waals surface area contributed by atoms with E-state index in [1.165, 1.54) is 5.56 Å². The van der Waals surface area contributed by atoms with E-state index in [9.17, 15) is 4.79 Å². The quantitative estimate of drug-likeness (QED) is 0.896. The van der Waals surface area contributed by atoms with Crippen molar-refractivity contribution in [3.05, 3.63) is 65.5 Å². The number of carbonyl (C=O) groups excluding carboxylic acids is 1. The Morgan fingerprint density at radius 3 is 2.70 bits per heavy atom. The van der Waals surface area contributed by atoms with Gasteiger partial charge in [-0.15, -0.1) is 0 Å². The van der Waals surface area contributed by atoms with Crippen molar-refractivity contribution in [2.45, 2.75) is 26.4 Å². The van der Waals surface area contributed by atoms with E-state index in [0.29, 0.717) is 6.54 Å². The van der Waals surface area contributed by atoms with Crippen LogP contribution in [0.4, 0.5) is 4.79 Å². The standard InChI is InChI=1S/C16H19N3O/c1-12-4-3-5-14(10-12)11-18-16(20)19-13(2)15-6-8-17-9-7-15/h3-10,13H,11H2,1-2H3,(H2,18,19,20). The minimum Gasteiger partial charge on any atom is -0.334 e. The smallest absolute Gasteiger partial charge is 0.315 e. The van der Waals surface area contributed by atoms with Crippen LogP contribution in [0.3, 0.4) is 0 Å². The summed E-state index contributed by atoms with van der Waals surface area (Å²) in [7, 11) is 0. The first kappa shape index (κ1) is 14.1. The van der Waals surface area contributed by atoms with Gasteiger partial charge in [0.2, 0.25) is 0 Å². The molecule has 1 aromatic heterocycles. The van der Waals surface area contributed by atoms with Gasteiger partial charge in [0.25, 0.3) is 0 Å². The van der Waals surface area contributed by atoms with Gasteiger partial charge in [-0.25, -0.2) is 4.79 Å². The van der Waals surface area contributed by atoms with Crippen molar-refractivity contribution in [3.8, 4) is 0 Å². The highest BCUT2D eigenvalue weighted by Gasteiger charge is 2.08. The summed E-state index contributed by atoms with van der Waals surface area (Å²) in [5.74, 6) is 0. The average Bonchev–Trinajstić information content (AvgIpc) is 2.46. The molecule has 0 aliphatic rings. The lowest BCUT2D eigenvalue weighted by Gasteiger charge is -2.15. The van der Waals surface area contributed by atoms with Crippen molar-refractivity contribution in [3.63, 3.8) is 0 Å². The first-order chi connectivity index (χ1) is 9.65. The van der Waals surface area contributed by atoms with E-state index in [1.807, 2.05) is 44.2 Å². The molecule has 0 saturated carbocycles. The van der Waals surface area contributed by atoms with Gasteiger partial charge >= 0.3 is 6.03 Å². The Morgan fingerprint density at radius 2 is 2.00 bits per heavy atom. The summed E-state index contributed by atoms with van der Waals surface area (Å²) in [5.41, 5.74) is 3.32. The monoisotopic (exact) mass is 269 g/mol. The zero-order valence-electron chi connectivity index (χ0n) is 11.8. The summed E-state index contributed by atoms with van der Waals surface area (Å²) in [6, 6.07) is 11.7. The SMILES string of the molecule is Cc1cccc(CNC(=O)NC(C)c2ccncc2)c1. The fourth-order valence-corrected chi connectivity index (χ4v) is 1.99. The number of rotatable bonds is 4. The Kier molecular flexibility index (Phi) is 4.71. The molecule has 1 atom stereocenters. The number of urea groups is 1. The van der Waals surface area contributed by atoms with Gasteiger partial charge in [-0.1, -0.05) is 29.8 Å². The molecule has 104 valence electrons. The fraction of sp³-hybridized carbons (Fsp3) is 0.250. The molecule has 0 aliphatic heterocycles. The van der Waals surface area contributed by atoms with Gasteiger partial charge in [0.15, 0.2) is 0 Å². The highest BCUT2D eigenvalue weighted by atomic mass is 16.2. The van der Waals surface area contributed by atoms with Crippen LogP contribution in [0, 0.1) is 6.92 Å². The van der Waals surface area contributed by atoms with Gasteiger partial charge in [0, 0.05) is 18.9 Å². The van der Waals surface area contributed by atoms with E-state index >= 15 is 0 Å². The third kappa shape index (κ3) is 4.09. The normalized spacial score (nSPS) is 11.7. The van der Waals surface area contributed by atoms with Crippen LogP contribution in [0.1, 0.15) is 29.7 Å². The maximum Gasteiger partial charge on any atom is 0.315 e. The second-order valence-electron chi connectivity index (χ2n) is 4.82. The minimum atomic E-state index is -0.171. The number of benzene rings is 1. The van der Waals surface area contributed by atoms with Crippen molar-refractivity contribution in [1.82, 2.24) is 15.6 Å². The molecule has 2 amide bonds. The van der Waals surface area contributed by atoms with Crippen LogP contribution in [0.25, 0.3) is 0 Å². The van der Waals surface area contributed by atoms with Gasteiger partial charge in [-0.3, -0.25) is 4.98 Å². The molecule has 2 aromatic rings. The number of nitrogens with zero attached hydrogens (tertiary/aromatic N) is 1. The Labute approximate surface area is 119 Å². The Hall–Kier alpha value is -2.36. The van der Waals surface area contributed by atoms with E-state index in [1.54, 1.807) is 12.4 Å². The summed E-state index contributed by atoms with van der Waals surface area (Å²) in [6.45, 7) is 4.51. The molecule has 2 N–H and O–H groups in total. The van der Waals surface area contributed by atoms with Crippen LogP contribution in [0.15, 0.2) is 48.8 Å². The highest BCUT2D eigenvalue weighted by Crippen LogP contribution is 2.09. The number of nitrogens with one attached hydrogen (secondary N) is 2. The fourth-order valence-electron chi connectivity index (χ4n) is 1.99. The number of carbonyl (C=O) groups is 1. The molecular weight excluding hydrogens is 250 g/mol. The molecule has 0 aliphatic carbocycles. The van der Waals surface area contributed by atoms with E-state index in [-0.39, 0.29) is 12.1 Å². The van der Waals surface area contributed by atoms with Gasteiger partial charge in [0.05, 0.1) is 6.04 Å². The largest absolute Gasteiger partial charge is 0.334 e. The molecule has 1 heterocycles. The molecule has 4 nitrogen and oxygen atoms in total. The van der Waals surface area contributed by atoms with Crippen molar-refractivity contribution < 1.29 is 4.79 Å². The maximum absolute atomic E-state index is 11.8. The van der Waals surface area contributed by atoms with Crippen molar-refractivity contribution in [2.75, 3.05) is 0 Å². The van der Waals surface area contributed by atoms with E-state index in [0.717, 1.165) is 11.1 Å². The summed E-state index contributed by atoms with van der Waals surface area (Å²) in [5, 5.41) is 5.76. The Balaban J connectivity index is 1.84. The number of hydrogen-bond acceptors (Lipinski definition) is 2. The lowest BCUT2D eigenvalue weighted by atomic mass is 10.1. The highest BCUT2D eigenvalue weighted by molar-refractivity contribution is 5.74. The van der Waals surface area contributed by atoms with Gasteiger partial charge in [0.1, 0.15) is 0 Å². The summed E-state index contributed by atoms with van der Waals surface area (Å²) < 4.78 is 0. The number of pyridine rings is 1. The summed E-state index contributed by atoms with van der Waals surface area (Å²) >= 11 is 0. The molecule has 4 heteroatoms. The molecule has 0 fully saturated rings. The lowest BCUT2D eigenvalue weighted by Crippen LogP contribution is -2.36. The van der Waals surface area contributed by atoms with Gasteiger partial charge < -0.3 is 10.6 Å².